The van der Waals surface area contributed by atoms with E-state index in [1.165, 1.54) is 17.0 Å². The van der Waals surface area contributed by atoms with Crippen LogP contribution in [0.3, 0.4) is 0 Å². The quantitative estimate of drug-likeness (QED) is 0.641. The highest BCUT2D eigenvalue weighted by atomic mass is 32.1. The van der Waals surface area contributed by atoms with Crippen LogP contribution in [0.5, 0.6) is 0 Å². The molecule has 0 spiro atoms. The minimum atomic E-state index is -0.233. The first-order chi connectivity index (χ1) is 11.1. The van der Waals surface area contributed by atoms with Crippen LogP contribution in [0.2, 0.25) is 0 Å². The van der Waals surface area contributed by atoms with Crippen molar-refractivity contribution < 1.29 is 4.39 Å². The summed E-state index contributed by atoms with van der Waals surface area (Å²) in [6.07, 6.45) is 0.873. The molecule has 0 fully saturated rings. The average molecular weight is 325 g/mol. The fraction of sp³-hybridized carbons (Fsp3) is 0.222. The predicted molar refractivity (Wildman–Crippen MR) is 92.2 cm³/mol. The Balaban J connectivity index is 1.90. The van der Waals surface area contributed by atoms with Crippen LogP contribution in [0.25, 0.3) is 11.1 Å². The Morgan fingerprint density at radius 2 is 1.96 bits per heavy atom. The number of hydrogen-bond donors (Lipinski definition) is 0. The molecule has 3 aromatic rings. The maximum atomic E-state index is 13.2. The number of nitrogens with zero attached hydrogens (tertiary/aromatic N) is 3. The second-order valence-corrected chi connectivity index (χ2v) is 6.80. The summed E-state index contributed by atoms with van der Waals surface area (Å²) < 4.78 is 15.3. The molecule has 0 radical (unpaired) electrons. The third kappa shape index (κ3) is 2.41. The van der Waals surface area contributed by atoms with Crippen LogP contribution in [0.1, 0.15) is 30.0 Å². The van der Waals surface area contributed by atoms with Crippen LogP contribution in [-0.2, 0) is 0 Å². The molecule has 1 aromatic carbocycles. The van der Waals surface area contributed by atoms with Crippen molar-refractivity contribution >= 4 is 22.9 Å². The largest absolute Gasteiger partial charge is 0.238 e. The highest BCUT2D eigenvalue weighted by molar-refractivity contribution is 7.10. The normalized spacial score (nSPS) is 17.0. The van der Waals surface area contributed by atoms with E-state index < -0.39 is 0 Å². The van der Waals surface area contributed by atoms with E-state index in [0.29, 0.717) is 0 Å². The zero-order valence-electron chi connectivity index (χ0n) is 13.0. The lowest BCUT2D eigenvalue weighted by molar-refractivity contribution is 0.536. The number of fused-ring (bicyclic) bond motifs is 1. The third-order valence-corrected chi connectivity index (χ3v) is 5.12. The van der Waals surface area contributed by atoms with E-state index in [9.17, 15) is 4.39 Å². The van der Waals surface area contributed by atoms with Crippen LogP contribution >= 0.6 is 11.3 Å². The molecular formula is C18H16FN3S. The highest BCUT2D eigenvalue weighted by Gasteiger charge is 2.28. The molecule has 1 aliphatic heterocycles. The second kappa shape index (κ2) is 5.42. The van der Waals surface area contributed by atoms with E-state index in [0.717, 1.165) is 34.8 Å². The first-order valence-corrected chi connectivity index (χ1v) is 8.44. The van der Waals surface area contributed by atoms with Crippen molar-refractivity contribution in [3.63, 3.8) is 0 Å². The molecule has 1 atom stereocenters. The first-order valence-electron chi connectivity index (χ1n) is 7.56. The van der Waals surface area contributed by atoms with Gasteiger partial charge in [-0.2, -0.15) is 5.10 Å². The molecule has 3 heterocycles. The number of rotatable bonds is 2. The number of hydrogen-bond acceptors (Lipinski definition) is 3. The van der Waals surface area contributed by atoms with Crippen molar-refractivity contribution in [2.75, 3.05) is 0 Å². The van der Waals surface area contributed by atoms with Gasteiger partial charge in [0.25, 0.3) is 0 Å². The molecule has 3 nitrogen and oxygen atoms in total. The van der Waals surface area contributed by atoms with E-state index in [-0.39, 0.29) is 11.9 Å². The molecule has 1 aliphatic rings. The molecule has 0 amide bonds. The Morgan fingerprint density at radius 1 is 1.17 bits per heavy atom. The molecule has 0 saturated carbocycles. The van der Waals surface area contributed by atoms with Crippen molar-refractivity contribution in [2.45, 2.75) is 26.3 Å². The minimum Gasteiger partial charge on any atom is -0.238 e. The van der Waals surface area contributed by atoms with Crippen LogP contribution in [-0.4, -0.2) is 15.5 Å². The third-order valence-electron chi connectivity index (χ3n) is 4.15. The molecule has 116 valence electrons. The van der Waals surface area contributed by atoms with Gasteiger partial charge in [-0.15, -0.1) is 11.3 Å². The molecule has 0 unspecified atom stereocenters. The number of halogens is 1. The van der Waals surface area contributed by atoms with E-state index >= 15 is 0 Å². The summed E-state index contributed by atoms with van der Waals surface area (Å²) in [5.41, 5.74) is 3.96. The molecule has 0 saturated heterocycles. The summed E-state index contributed by atoms with van der Waals surface area (Å²) in [5.74, 6) is 0.639. The maximum Gasteiger partial charge on any atom is 0.159 e. The molecule has 0 aliphatic carbocycles. The summed E-state index contributed by atoms with van der Waals surface area (Å²) in [4.78, 5) is 6.04. The van der Waals surface area contributed by atoms with E-state index in [1.807, 2.05) is 11.6 Å². The maximum absolute atomic E-state index is 13.2. The number of aryl methyl sites for hydroxylation is 1. The number of aliphatic imine (C=N–C) groups is 1. The van der Waals surface area contributed by atoms with Gasteiger partial charge in [-0.25, -0.2) is 14.1 Å². The fourth-order valence-electron chi connectivity index (χ4n) is 3.11. The Hall–Kier alpha value is -2.27. The Morgan fingerprint density at radius 3 is 2.65 bits per heavy atom. The molecule has 0 N–H and O–H groups in total. The fourth-order valence-corrected chi connectivity index (χ4v) is 3.92. The van der Waals surface area contributed by atoms with Crippen LogP contribution in [0.15, 0.2) is 46.8 Å². The SMILES string of the molecule is CC1=Nc2c(-c3ccc(F)cc3)c(C)nn2[C@@H](c2cccs2)C1. The molecule has 4 rings (SSSR count). The molecule has 0 bridgehead atoms. The van der Waals surface area contributed by atoms with Gasteiger partial charge in [-0.05, 0) is 43.0 Å². The number of aromatic nitrogens is 2. The van der Waals surface area contributed by atoms with Gasteiger partial charge in [0.2, 0.25) is 0 Å². The van der Waals surface area contributed by atoms with Gasteiger partial charge in [0.1, 0.15) is 5.82 Å². The summed E-state index contributed by atoms with van der Waals surface area (Å²) in [6.45, 7) is 4.04. The minimum absolute atomic E-state index is 0.190. The standard InChI is InChI=1S/C18H16FN3S/c1-11-10-15(16-4-3-9-23-16)22-18(20-11)17(12(2)21-22)13-5-7-14(19)8-6-13/h3-9,15H,10H2,1-2H3/t15-/m1/s1. The van der Waals surface area contributed by atoms with E-state index in [2.05, 4.69) is 24.4 Å². The van der Waals surface area contributed by atoms with Crippen molar-refractivity contribution in [3.8, 4) is 11.1 Å². The summed E-state index contributed by atoms with van der Waals surface area (Å²) >= 11 is 1.74. The smallest absolute Gasteiger partial charge is 0.159 e. The highest BCUT2D eigenvalue weighted by Crippen LogP contribution is 2.41. The number of thiophene rings is 1. The van der Waals surface area contributed by atoms with Gasteiger partial charge in [-0.1, -0.05) is 18.2 Å². The van der Waals surface area contributed by atoms with E-state index in [4.69, 9.17) is 10.1 Å². The monoisotopic (exact) mass is 325 g/mol. The molecule has 2 aromatic heterocycles. The van der Waals surface area contributed by atoms with Gasteiger partial charge in [-0.3, -0.25) is 0 Å². The van der Waals surface area contributed by atoms with Crippen molar-refractivity contribution in [2.24, 2.45) is 4.99 Å². The van der Waals surface area contributed by atoms with Gasteiger partial charge in [0.05, 0.1) is 11.7 Å². The first kappa shape index (κ1) is 14.3. The van der Waals surface area contributed by atoms with Crippen molar-refractivity contribution in [1.82, 2.24) is 9.78 Å². The molecule has 5 heteroatoms. The van der Waals surface area contributed by atoms with Crippen LogP contribution < -0.4 is 0 Å². The van der Waals surface area contributed by atoms with Crippen LogP contribution in [0.4, 0.5) is 10.2 Å². The Labute approximate surface area is 138 Å². The van der Waals surface area contributed by atoms with Crippen molar-refractivity contribution in [1.29, 1.82) is 0 Å². The van der Waals surface area contributed by atoms with Crippen LogP contribution in [0, 0.1) is 12.7 Å². The molecular weight excluding hydrogens is 309 g/mol. The summed E-state index contributed by atoms with van der Waals surface area (Å²) in [5, 5.41) is 6.83. The molecule has 23 heavy (non-hydrogen) atoms. The topological polar surface area (TPSA) is 30.2 Å². The lowest BCUT2D eigenvalue weighted by atomic mass is 10.0. The lowest BCUT2D eigenvalue weighted by Crippen LogP contribution is -2.18. The lowest BCUT2D eigenvalue weighted by Gasteiger charge is -2.22. The van der Waals surface area contributed by atoms with Gasteiger partial charge in [0.15, 0.2) is 5.82 Å². The predicted octanol–water partition coefficient (Wildman–Crippen LogP) is 5.14. The Bertz CT molecular complexity index is 876. The van der Waals surface area contributed by atoms with E-state index in [1.54, 1.807) is 23.5 Å². The number of benzene rings is 1. The zero-order chi connectivity index (χ0) is 16.0. The summed E-state index contributed by atoms with van der Waals surface area (Å²) in [7, 11) is 0. The average Bonchev–Trinajstić information content (AvgIpc) is 3.15. The van der Waals surface area contributed by atoms with Gasteiger partial charge < -0.3 is 0 Å². The summed E-state index contributed by atoms with van der Waals surface area (Å²) in [6, 6.07) is 10.9. The second-order valence-electron chi connectivity index (χ2n) is 5.82. The Kier molecular flexibility index (Phi) is 3.38. The zero-order valence-corrected chi connectivity index (χ0v) is 13.8. The van der Waals surface area contributed by atoms with Crippen molar-refractivity contribution in [3.05, 3.63) is 58.2 Å². The van der Waals surface area contributed by atoms with Gasteiger partial charge >= 0.3 is 0 Å². The van der Waals surface area contributed by atoms with Gasteiger partial charge in [0, 0.05) is 22.6 Å².